The summed E-state index contributed by atoms with van der Waals surface area (Å²) in [5, 5.41) is 9.08. The molecule has 0 unspecified atom stereocenters. The number of hydrogen-bond donors (Lipinski definition) is 3. The Labute approximate surface area is 112 Å². The van der Waals surface area contributed by atoms with Crippen LogP contribution in [0, 0.1) is 0 Å². The summed E-state index contributed by atoms with van der Waals surface area (Å²) < 4.78 is 0. The number of aliphatic hydroxyl groups excluding tert-OH is 1. The van der Waals surface area contributed by atoms with Crippen molar-refractivity contribution in [2.24, 2.45) is 0 Å². The van der Waals surface area contributed by atoms with E-state index >= 15 is 0 Å². The SMILES string of the molecule is Nc1ccc2nc(CCN(CCO)C3CC3)[nH]c2c1. The summed E-state index contributed by atoms with van der Waals surface area (Å²) in [6.45, 7) is 1.94. The predicted octanol–water partition coefficient (Wildman–Crippen LogP) is 1.14. The average Bonchev–Trinajstić information content (AvgIpc) is 3.15. The lowest BCUT2D eigenvalue weighted by atomic mass is 10.3. The highest BCUT2D eigenvalue weighted by Crippen LogP contribution is 2.26. The topological polar surface area (TPSA) is 78.2 Å². The minimum absolute atomic E-state index is 0.229. The van der Waals surface area contributed by atoms with E-state index in [2.05, 4.69) is 14.9 Å². The van der Waals surface area contributed by atoms with E-state index in [-0.39, 0.29) is 6.61 Å². The van der Waals surface area contributed by atoms with Gasteiger partial charge < -0.3 is 15.8 Å². The summed E-state index contributed by atoms with van der Waals surface area (Å²) in [6.07, 6.45) is 3.40. The summed E-state index contributed by atoms with van der Waals surface area (Å²) in [6, 6.07) is 6.40. The Balaban J connectivity index is 1.67. The largest absolute Gasteiger partial charge is 0.399 e. The van der Waals surface area contributed by atoms with Gasteiger partial charge in [-0.1, -0.05) is 0 Å². The van der Waals surface area contributed by atoms with E-state index in [4.69, 9.17) is 10.8 Å². The van der Waals surface area contributed by atoms with Crippen LogP contribution in [0.3, 0.4) is 0 Å². The fourth-order valence-electron chi connectivity index (χ4n) is 2.49. The van der Waals surface area contributed by atoms with Gasteiger partial charge in [0.1, 0.15) is 5.82 Å². The van der Waals surface area contributed by atoms with Gasteiger partial charge in [0.2, 0.25) is 0 Å². The Kier molecular flexibility index (Phi) is 3.40. The zero-order chi connectivity index (χ0) is 13.2. The molecule has 0 spiro atoms. The van der Waals surface area contributed by atoms with Crippen molar-refractivity contribution in [1.29, 1.82) is 0 Å². The fraction of sp³-hybridized carbons (Fsp3) is 0.500. The van der Waals surface area contributed by atoms with Gasteiger partial charge in [0.25, 0.3) is 0 Å². The molecule has 1 aromatic carbocycles. The summed E-state index contributed by atoms with van der Waals surface area (Å²) >= 11 is 0. The predicted molar refractivity (Wildman–Crippen MR) is 75.9 cm³/mol. The monoisotopic (exact) mass is 260 g/mol. The fourth-order valence-corrected chi connectivity index (χ4v) is 2.49. The van der Waals surface area contributed by atoms with E-state index in [1.165, 1.54) is 12.8 Å². The number of benzene rings is 1. The first-order valence-electron chi connectivity index (χ1n) is 6.85. The first-order valence-corrected chi connectivity index (χ1v) is 6.85. The second-order valence-electron chi connectivity index (χ2n) is 5.20. The van der Waals surface area contributed by atoms with Crippen molar-refractivity contribution in [3.63, 3.8) is 0 Å². The molecule has 4 N–H and O–H groups in total. The van der Waals surface area contributed by atoms with Crippen LogP contribution in [0.4, 0.5) is 5.69 Å². The maximum absolute atomic E-state index is 9.08. The summed E-state index contributed by atoms with van der Waals surface area (Å²) in [4.78, 5) is 10.2. The first-order chi connectivity index (χ1) is 9.26. The van der Waals surface area contributed by atoms with Crippen LogP contribution in [0.5, 0.6) is 0 Å². The van der Waals surface area contributed by atoms with Gasteiger partial charge in [0.05, 0.1) is 17.6 Å². The smallest absolute Gasteiger partial charge is 0.108 e. The van der Waals surface area contributed by atoms with Crippen molar-refractivity contribution < 1.29 is 5.11 Å². The third-order valence-electron chi connectivity index (χ3n) is 3.64. The third-order valence-corrected chi connectivity index (χ3v) is 3.64. The molecule has 0 aliphatic heterocycles. The van der Waals surface area contributed by atoms with Crippen LogP contribution < -0.4 is 5.73 Å². The number of nitrogens with one attached hydrogen (secondary N) is 1. The summed E-state index contributed by atoms with van der Waals surface area (Å²) in [7, 11) is 0. The quantitative estimate of drug-likeness (QED) is 0.681. The number of aromatic nitrogens is 2. The van der Waals surface area contributed by atoms with Crippen LogP contribution >= 0.6 is 0 Å². The van der Waals surface area contributed by atoms with E-state index in [0.29, 0.717) is 6.04 Å². The first kappa shape index (κ1) is 12.4. The molecule has 1 aliphatic carbocycles. The van der Waals surface area contributed by atoms with E-state index in [9.17, 15) is 0 Å². The highest BCUT2D eigenvalue weighted by Gasteiger charge is 2.28. The zero-order valence-electron chi connectivity index (χ0n) is 11.0. The van der Waals surface area contributed by atoms with Crippen LogP contribution in [-0.2, 0) is 6.42 Å². The van der Waals surface area contributed by atoms with Crippen molar-refractivity contribution in [1.82, 2.24) is 14.9 Å². The minimum atomic E-state index is 0.229. The molecular weight excluding hydrogens is 240 g/mol. The molecule has 102 valence electrons. The Morgan fingerprint density at radius 1 is 1.37 bits per heavy atom. The lowest BCUT2D eigenvalue weighted by molar-refractivity contribution is 0.190. The van der Waals surface area contributed by atoms with Crippen molar-refractivity contribution in [3.05, 3.63) is 24.0 Å². The van der Waals surface area contributed by atoms with Gasteiger partial charge in [-0.05, 0) is 31.0 Å². The second-order valence-corrected chi connectivity index (χ2v) is 5.20. The van der Waals surface area contributed by atoms with Crippen LogP contribution in [0.25, 0.3) is 11.0 Å². The maximum atomic E-state index is 9.08. The number of nitrogen functional groups attached to an aromatic ring is 1. The number of hydrogen-bond acceptors (Lipinski definition) is 4. The Hall–Kier alpha value is -1.59. The number of aliphatic hydroxyl groups is 1. The van der Waals surface area contributed by atoms with E-state index < -0.39 is 0 Å². The molecule has 0 bridgehead atoms. The van der Waals surface area contributed by atoms with Crippen LogP contribution in [0.2, 0.25) is 0 Å². The van der Waals surface area contributed by atoms with Gasteiger partial charge in [0.15, 0.2) is 0 Å². The molecule has 1 aromatic heterocycles. The molecule has 19 heavy (non-hydrogen) atoms. The molecule has 0 amide bonds. The van der Waals surface area contributed by atoms with Gasteiger partial charge in [0, 0.05) is 31.2 Å². The number of nitrogens with two attached hydrogens (primary N) is 1. The van der Waals surface area contributed by atoms with Crippen molar-refractivity contribution in [2.45, 2.75) is 25.3 Å². The molecule has 3 rings (SSSR count). The molecular formula is C14H20N4O. The lowest BCUT2D eigenvalue weighted by Crippen LogP contribution is -2.31. The molecule has 1 aliphatic rings. The molecule has 2 aromatic rings. The number of fused-ring (bicyclic) bond motifs is 1. The zero-order valence-corrected chi connectivity index (χ0v) is 11.0. The Bertz CT molecular complexity index is 562. The molecule has 5 heteroatoms. The molecule has 0 radical (unpaired) electrons. The molecule has 0 saturated heterocycles. The van der Waals surface area contributed by atoms with Crippen molar-refractivity contribution in [2.75, 3.05) is 25.4 Å². The summed E-state index contributed by atoms with van der Waals surface area (Å²) in [5.41, 5.74) is 8.47. The van der Waals surface area contributed by atoms with Crippen LogP contribution in [-0.4, -0.2) is 45.7 Å². The summed E-state index contributed by atoms with van der Waals surface area (Å²) in [5.74, 6) is 0.990. The Morgan fingerprint density at radius 2 is 2.21 bits per heavy atom. The lowest BCUT2D eigenvalue weighted by Gasteiger charge is -2.19. The van der Waals surface area contributed by atoms with Crippen molar-refractivity contribution >= 4 is 16.7 Å². The van der Waals surface area contributed by atoms with E-state index in [1.54, 1.807) is 0 Å². The van der Waals surface area contributed by atoms with Gasteiger partial charge in [-0.25, -0.2) is 4.98 Å². The van der Waals surface area contributed by atoms with Crippen molar-refractivity contribution in [3.8, 4) is 0 Å². The molecule has 1 heterocycles. The number of nitrogens with zero attached hydrogens (tertiary/aromatic N) is 2. The van der Waals surface area contributed by atoms with E-state index in [1.807, 2.05) is 18.2 Å². The van der Waals surface area contributed by atoms with Crippen LogP contribution in [0.1, 0.15) is 18.7 Å². The Morgan fingerprint density at radius 3 is 2.95 bits per heavy atom. The number of aromatic amines is 1. The van der Waals surface area contributed by atoms with Gasteiger partial charge >= 0.3 is 0 Å². The normalized spacial score (nSPS) is 15.5. The number of H-pyrrole nitrogens is 1. The number of imidazole rings is 1. The van der Waals surface area contributed by atoms with Crippen LogP contribution in [0.15, 0.2) is 18.2 Å². The van der Waals surface area contributed by atoms with Gasteiger partial charge in [-0.15, -0.1) is 0 Å². The molecule has 1 fully saturated rings. The molecule has 1 saturated carbocycles. The third kappa shape index (κ3) is 2.88. The molecule has 0 atom stereocenters. The minimum Gasteiger partial charge on any atom is -0.399 e. The standard InChI is InChI=1S/C14H20N4O/c15-10-1-4-12-13(9-10)17-14(16-12)5-6-18(7-8-19)11-2-3-11/h1,4,9,11,19H,2-3,5-8,15H2,(H,16,17). The number of anilines is 1. The average molecular weight is 260 g/mol. The van der Waals surface area contributed by atoms with Gasteiger partial charge in [-0.3, -0.25) is 4.90 Å². The van der Waals surface area contributed by atoms with Gasteiger partial charge in [-0.2, -0.15) is 0 Å². The second kappa shape index (κ2) is 5.19. The number of rotatable bonds is 6. The highest BCUT2D eigenvalue weighted by atomic mass is 16.3. The maximum Gasteiger partial charge on any atom is 0.108 e. The van der Waals surface area contributed by atoms with E-state index in [0.717, 1.165) is 42.1 Å². The molecule has 5 nitrogen and oxygen atoms in total. The highest BCUT2D eigenvalue weighted by molar-refractivity contribution is 5.78.